The molecule has 0 fully saturated rings. The molecule has 0 aliphatic carbocycles. The minimum absolute atomic E-state index is 0.318. The number of hydrogen-bond donors (Lipinski definition) is 0. The molecule has 0 aromatic heterocycles. The van der Waals surface area contributed by atoms with Gasteiger partial charge in [0.1, 0.15) is 0 Å². The van der Waals surface area contributed by atoms with E-state index in [1.807, 2.05) is 45.0 Å². The van der Waals surface area contributed by atoms with Gasteiger partial charge in [-0.05, 0) is 19.1 Å². The van der Waals surface area contributed by atoms with Crippen molar-refractivity contribution in [3.05, 3.63) is 54.1 Å². The van der Waals surface area contributed by atoms with Crippen molar-refractivity contribution < 1.29 is 8.42 Å². The van der Waals surface area contributed by atoms with Gasteiger partial charge in [-0.15, -0.1) is 0 Å². The van der Waals surface area contributed by atoms with Crippen molar-refractivity contribution in [3.63, 3.8) is 0 Å². The summed E-state index contributed by atoms with van der Waals surface area (Å²) in [5, 5.41) is 0. The molecular formula is C14H20O2S. The molecule has 0 spiro atoms. The summed E-state index contributed by atoms with van der Waals surface area (Å²) in [7, 11) is -3.14. The SMILES string of the molecule is CC.Cc1cccccc(S(C)(=O)=O)ccc1. The standard InChI is InChI=1S/C12H14O2S.C2H6/c1-11-7-4-3-5-9-12(10-6-8-11)15(2,13)14;1-2/h3-10H,1-2H3;1-2H3. The van der Waals surface area contributed by atoms with E-state index in [1.54, 1.807) is 24.3 Å². The number of sulfone groups is 1. The normalized spacial score (nSPS) is 9.65. The van der Waals surface area contributed by atoms with Gasteiger partial charge in [0, 0.05) is 6.26 Å². The van der Waals surface area contributed by atoms with Gasteiger partial charge in [0.05, 0.1) is 4.90 Å². The molecule has 3 heteroatoms. The first-order valence-electron chi connectivity index (χ1n) is 5.60. The maximum Gasteiger partial charge on any atom is 0.175 e. The van der Waals surface area contributed by atoms with Gasteiger partial charge in [-0.3, -0.25) is 0 Å². The van der Waals surface area contributed by atoms with Crippen LogP contribution in [0.15, 0.2) is 53.4 Å². The fourth-order valence-corrected chi connectivity index (χ4v) is 1.73. The van der Waals surface area contributed by atoms with Crippen LogP contribution in [0.25, 0.3) is 0 Å². The van der Waals surface area contributed by atoms with Crippen LogP contribution in [0.3, 0.4) is 0 Å². The Morgan fingerprint density at radius 2 is 1.29 bits per heavy atom. The highest BCUT2D eigenvalue weighted by Crippen LogP contribution is 2.04. The molecular weight excluding hydrogens is 232 g/mol. The largest absolute Gasteiger partial charge is 0.224 e. The van der Waals surface area contributed by atoms with E-state index in [0.717, 1.165) is 5.56 Å². The fraction of sp³-hybridized carbons (Fsp3) is 0.286. The van der Waals surface area contributed by atoms with E-state index in [-0.39, 0.29) is 0 Å². The van der Waals surface area contributed by atoms with Crippen molar-refractivity contribution in [2.45, 2.75) is 25.7 Å². The van der Waals surface area contributed by atoms with Gasteiger partial charge in [0.2, 0.25) is 0 Å². The maximum atomic E-state index is 11.3. The fourth-order valence-electron chi connectivity index (χ4n) is 1.07. The lowest BCUT2D eigenvalue weighted by Gasteiger charge is -1.92. The Morgan fingerprint density at radius 1 is 0.824 bits per heavy atom. The van der Waals surface area contributed by atoms with E-state index in [2.05, 4.69) is 0 Å². The number of rotatable bonds is 1. The second kappa shape index (κ2) is 7.85. The van der Waals surface area contributed by atoms with Crippen LogP contribution >= 0.6 is 0 Å². The zero-order valence-electron chi connectivity index (χ0n) is 10.8. The second-order valence-electron chi connectivity index (χ2n) is 3.36. The van der Waals surface area contributed by atoms with Crippen LogP contribution in [0, 0.1) is 6.92 Å². The molecule has 0 unspecified atom stereocenters. The monoisotopic (exact) mass is 252 g/mol. The van der Waals surface area contributed by atoms with Gasteiger partial charge >= 0.3 is 0 Å². The molecule has 0 heterocycles. The highest BCUT2D eigenvalue weighted by Gasteiger charge is 2.02. The summed E-state index contributed by atoms with van der Waals surface area (Å²) in [5.41, 5.74) is 1.07. The van der Waals surface area contributed by atoms with Crippen molar-refractivity contribution >= 4 is 9.84 Å². The predicted octanol–water partition coefficient (Wildman–Crippen LogP) is 3.55. The van der Waals surface area contributed by atoms with Crippen LogP contribution in [0.4, 0.5) is 0 Å². The summed E-state index contributed by atoms with van der Waals surface area (Å²) in [6.07, 6.45) is 1.20. The van der Waals surface area contributed by atoms with Crippen molar-refractivity contribution in [1.82, 2.24) is 0 Å². The Labute approximate surface area is 105 Å². The first-order valence-corrected chi connectivity index (χ1v) is 7.49. The van der Waals surface area contributed by atoms with Crippen molar-refractivity contribution in [1.29, 1.82) is 0 Å². The molecule has 0 atom stereocenters. The van der Waals surface area contributed by atoms with Crippen LogP contribution in [0.5, 0.6) is 0 Å². The molecule has 0 aliphatic rings. The van der Waals surface area contributed by atoms with E-state index in [9.17, 15) is 8.42 Å². The van der Waals surface area contributed by atoms with Crippen LogP contribution in [0.2, 0.25) is 0 Å². The quantitative estimate of drug-likeness (QED) is 0.766. The van der Waals surface area contributed by atoms with E-state index in [0.29, 0.717) is 4.90 Å². The third-order valence-electron chi connectivity index (χ3n) is 1.89. The maximum absolute atomic E-state index is 11.3. The number of hydrogen-bond acceptors (Lipinski definition) is 2. The van der Waals surface area contributed by atoms with Crippen LogP contribution in [-0.4, -0.2) is 14.7 Å². The van der Waals surface area contributed by atoms with E-state index in [1.165, 1.54) is 6.26 Å². The first kappa shape index (κ1) is 15.7. The molecule has 0 N–H and O–H groups in total. The van der Waals surface area contributed by atoms with Gasteiger partial charge in [0.15, 0.2) is 9.84 Å². The summed E-state index contributed by atoms with van der Waals surface area (Å²) < 4.78 is 22.7. The molecule has 0 radical (unpaired) electrons. The molecule has 0 amide bonds. The summed E-state index contributed by atoms with van der Waals surface area (Å²) in [6.45, 7) is 5.96. The van der Waals surface area contributed by atoms with Gasteiger partial charge < -0.3 is 0 Å². The first-order chi connectivity index (χ1) is 8.00. The third-order valence-corrected chi connectivity index (χ3v) is 3.02. The molecule has 1 aromatic rings. The summed E-state index contributed by atoms with van der Waals surface area (Å²) in [6, 6.07) is 14.2. The third kappa shape index (κ3) is 6.74. The Bertz CT molecular complexity index is 489. The van der Waals surface area contributed by atoms with Crippen molar-refractivity contribution in [2.24, 2.45) is 0 Å². The predicted molar refractivity (Wildman–Crippen MR) is 73.3 cm³/mol. The minimum atomic E-state index is -3.14. The molecule has 0 saturated heterocycles. The van der Waals surface area contributed by atoms with E-state index in [4.69, 9.17) is 0 Å². The van der Waals surface area contributed by atoms with Crippen molar-refractivity contribution in [3.8, 4) is 0 Å². The van der Waals surface area contributed by atoms with Crippen LogP contribution in [0.1, 0.15) is 19.4 Å². The molecule has 1 rings (SSSR count). The highest BCUT2D eigenvalue weighted by atomic mass is 32.2. The average Bonchev–Trinajstić information content (AvgIpc) is 2.28. The Hall–Kier alpha value is -1.35. The molecule has 0 saturated carbocycles. The molecule has 94 valence electrons. The zero-order chi connectivity index (χ0) is 13.3. The lowest BCUT2D eigenvalue weighted by atomic mass is 10.3. The van der Waals surface area contributed by atoms with Crippen LogP contribution < -0.4 is 0 Å². The van der Waals surface area contributed by atoms with Crippen molar-refractivity contribution in [2.75, 3.05) is 6.26 Å². The average molecular weight is 252 g/mol. The summed E-state index contributed by atoms with van der Waals surface area (Å²) in [4.78, 5) is 0.318. The lowest BCUT2D eigenvalue weighted by Crippen LogP contribution is -1.94. The summed E-state index contributed by atoms with van der Waals surface area (Å²) >= 11 is 0. The number of aryl methyl sites for hydroxylation is 1. The van der Waals surface area contributed by atoms with Crippen LogP contribution in [-0.2, 0) is 9.84 Å². The minimum Gasteiger partial charge on any atom is -0.224 e. The molecule has 0 aliphatic heterocycles. The second-order valence-corrected chi connectivity index (χ2v) is 5.37. The summed E-state index contributed by atoms with van der Waals surface area (Å²) in [5.74, 6) is 0. The molecule has 1 aromatic carbocycles. The van der Waals surface area contributed by atoms with Gasteiger partial charge in [-0.25, -0.2) is 8.42 Å². The molecule has 17 heavy (non-hydrogen) atoms. The highest BCUT2D eigenvalue weighted by molar-refractivity contribution is 7.90. The molecule has 2 nitrogen and oxygen atoms in total. The van der Waals surface area contributed by atoms with Gasteiger partial charge in [-0.1, -0.05) is 55.8 Å². The van der Waals surface area contributed by atoms with Gasteiger partial charge in [-0.2, -0.15) is 0 Å². The Balaban J connectivity index is 0.00000121. The van der Waals surface area contributed by atoms with E-state index >= 15 is 0 Å². The van der Waals surface area contributed by atoms with Gasteiger partial charge in [0.25, 0.3) is 0 Å². The Morgan fingerprint density at radius 3 is 1.88 bits per heavy atom. The topological polar surface area (TPSA) is 34.1 Å². The zero-order valence-corrected chi connectivity index (χ0v) is 11.7. The van der Waals surface area contributed by atoms with E-state index < -0.39 is 9.84 Å². The lowest BCUT2D eigenvalue weighted by molar-refractivity contribution is 0.602. The smallest absolute Gasteiger partial charge is 0.175 e. The Kier molecular flexibility index (Phi) is 7.22. The molecule has 0 bridgehead atoms.